The first-order valence-corrected chi connectivity index (χ1v) is 22.8. The van der Waals surface area contributed by atoms with Crippen molar-refractivity contribution in [2.24, 2.45) is 28.1 Å². The number of carbonyl (C=O) groups excluding carboxylic acids is 9. The minimum absolute atomic E-state index is 0.214. The molecular weight excluding hydrogens is 1100 g/mol. The van der Waals surface area contributed by atoms with Gasteiger partial charge in [0, 0.05) is 0 Å². The molecule has 2 bridgehead atoms. The van der Waals surface area contributed by atoms with Crippen molar-refractivity contribution in [3.63, 3.8) is 0 Å². The second kappa shape index (κ2) is 22.0. The van der Waals surface area contributed by atoms with Crippen LogP contribution in [0.4, 0.5) is 0 Å². The lowest BCUT2D eigenvalue weighted by atomic mass is 9.83. The summed E-state index contributed by atoms with van der Waals surface area (Å²) in [6.45, 7) is 11.1. The molecule has 2 aliphatic rings. The van der Waals surface area contributed by atoms with Crippen molar-refractivity contribution in [2.45, 2.75) is 106 Å². The number of ether oxygens (including phenoxy) is 8. The van der Waals surface area contributed by atoms with Gasteiger partial charge in [0.05, 0.1) is 30.6 Å². The summed E-state index contributed by atoms with van der Waals surface area (Å²) in [5, 5.41) is 2.62. The summed E-state index contributed by atoms with van der Waals surface area (Å²) in [6.07, 6.45) is 2.94. The number of esters is 7. The van der Waals surface area contributed by atoms with Crippen molar-refractivity contribution in [1.82, 2.24) is 5.32 Å². The van der Waals surface area contributed by atoms with E-state index >= 15 is 0 Å². The van der Waals surface area contributed by atoms with E-state index in [2.05, 4.69) is 69.0 Å². The Labute approximate surface area is 400 Å². The number of hydrogen-bond acceptors (Lipinski definition) is 17. The molecule has 0 radical (unpaired) electrons. The molecule has 2 aliphatic heterocycles. The summed E-state index contributed by atoms with van der Waals surface area (Å²) >= 11 is 12.8. The van der Waals surface area contributed by atoms with Crippen LogP contribution < -0.4 is 5.32 Å². The van der Waals surface area contributed by atoms with E-state index in [1.165, 1.54) is 76.2 Å². The zero-order valence-electron chi connectivity index (χ0n) is 37.2. The van der Waals surface area contributed by atoms with Crippen molar-refractivity contribution >= 4 is 118 Å². The van der Waals surface area contributed by atoms with Crippen LogP contribution in [0, 0.1) is 28.1 Å². The largest absolute Gasteiger partial charge is 0.464 e. The molecule has 4 unspecified atom stereocenters. The molecule has 4 atom stereocenters. The van der Waals surface area contributed by atoms with E-state index in [1.807, 2.05) is 0 Å². The van der Waals surface area contributed by atoms with E-state index in [0.717, 1.165) is 0 Å². The zero-order valence-corrected chi connectivity index (χ0v) is 43.5. The Hall–Kier alpha value is -2.95. The van der Waals surface area contributed by atoms with Gasteiger partial charge < -0.3 is 48.0 Å². The molecule has 1 fully saturated rings. The van der Waals surface area contributed by atoms with Crippen LogP contribution in [0.1, 0.15) is 76.2 Å². The molecule has 356 valence electrons. The van der Waals surface area contributed by atoms with Gasteiger partial charge >= 0.3 is 41.8 Å². The van der Waals surface area contributed by atoms with Crippen LogP contribution in [0.25, 0.3) is 0 Å². The first kappa shape index (κ1) is 56.2. The molecule has 0 aromatic carbocycles. The van der Waals surface area contributed by atoms with Crippen molar-refractivity contribution in [1.29, 1.82) is 0 Å². The van der Waals surface area contributed by atoms with Crippen LogP contribution in [0.3, 0.4) is 0 Å². The Morgan fingerprint density at radius 2 is 0.778 bits per heavy atom. The highest BCUT2D eigenvalue weighted by Crippen LogP contribution is 2.38. The predicted molar refractivity (Wildman–Crippen MR) is 237 cm³/mol. The van der Waals surface area contributed by atoms with Gasteiger partial charge in [-0.2, -0.15) is 0 Å². The average Bonchev–Trinajstić information content (AvgIpc) is 3.80. The third kappa shape index (κ3) is 16.2. The van der Waals surface area contributed by atoms with Crippen molar-refractivity contribution in [3.8, 4) is 0 Å². The molecule has 0 aromatic rings. The Bertz CT molecular complexity index is 1630. The minimum Gasteiger partial charge on any atom is -0.464 e. The van der Waals surface area contributed by atoms with E-state index in [9.17, 15) is 43.2 Å². The Morgan fingerprint density at radius 1 is 0.492 bits per heavy atom. The summed E-state index contributed by atoms with van der Waals surface area (Å²) in [6, 6.07) is 0. The number of amides is 1. The fraction of sp³-hybridized carbons (Fsp3) is 0.732. The predicted octanol–water partition coefficient (Wildman–Crippen LogP) is 4.39. The lowest BCUT2D eigenvalue weighted by Crippen LogP contribution is -2.48. The van der Waals surface area contributed by atoms with Crippen molar-refractivity contribution < 1.29 is 81.0 Å². The molecule has 1 amide bonds. The van der Waals surface area contributed by atoms with Crippen LogP contribution in [-0.4, -0.2) is 136 Å². The normalized spacial score (nSPS) is 19.0. The van der Waals surface area contributed by atoms with Crippen molar-refractivity contribution in [3.05, 3.63) is 12.2 Å². The molecule has 0 aliphatic carbocycles. The number of alkyl halides is 4. The van der Waals surface area contributed by atoms with Gasteiger partial charge in [0.25, 0.3) is 0 Å². The number of hydrogen-bond donors (Lipinski definition) is 1. The Balaban J connectivity index is 2.40. The van der Waals surface area contributed by atoms with Crippen LogP contribution in [0.2, 0.25) is 0 Å². The molecule has 0 saturated carbocycles. The highest BCUT2D eigenvalue weighted by molar-refractivity contribution is 9.10. The first-order valence-electron chi connectivity index (χ1n) is 19.6. The van der Waals surface area contributed by atoms with E-state index in [1.54, 1.807) is 12.2 Å². The average molecular weight is 1160 g/mol. The maximum atomic E-state index is 13.9. The second-order valence-corrected chi connectivity index (χ2v) is 26.1. The number of fused-ring (bicyclic) bond motifs is 2. The van der Waals surface area contributed by atoms with Crippen LogP contribution in [-0.2, 0) is 81.0 Å². The van der Waals surface area contributed by atoms with Gasteiger partial charge in [0.15, 0.2) is 0 Å². The highest BCUT2D eigenvalue weighted by Gasteiger charge is 2.50. The van der Waals surface area contributed by atoms with Gasteiger partial charge in [-0.1, -0.05) is 75.9 Å². The first-order chi connectivity index (χ1) is 28.6. The molecule has 18 nitrogen and oxygen atoms in total. The van der Waals surface area contributed by atoms with Crippen LogP contribution in [0.5, 0.6) is 0 Å². The van der Waals surface area contributed by atoms with E-state index < -0.39 is 152 Å². The Morgan fingerprint density at radius 3 is 1.08 bits per heavy atom. The summed E-state index contributed by atoms with van der Waals surface area (Å²) < 4.78 is 39.3. The third-order valence-corrected chi connectivity index (χ3v) is 10.9. The number of nitrogens with one attached hydrogen (secondary N) is 1. The highest BCUT2D eigenvalue weighted by atomic mass is 79.9. The lowest BCUT2D eigenvalue weighted by molar-refractivity contribution is -0.182. The zero-order chi connectivity index (χ0) is 48.6. The smallest absolute Gasteiger partial charge is 0.322 e. The van der Waals surface area contributed by atoms with Gasteiger partial charge in [0.2, 0.25) is 5.91 Å². The SMILES string of the molecule is CC(C)(Br)C(=O)OCC(C)(COC(=O)C(C)(C)Br)C(=O)OCC(C)(COC(=O)C(C)(COC(=O)C(C)(C)Br)COC(=O)C(C)(C)Br)C(=O)OCCNC(=O)C1C2C=CC(O2)C1C=O. The molecule has 0 aromatic heterocycles. The quantitative estimate of drug-likeness (QED) is 0.0352. The number of aldehydes is 1. The number of carbonyl (C=O) groups is 9. The number of halogens is 4. The molecule has 0 spiro atoms. The maximum absolute atomic E-state index is 13.9. The summed E-state index contributed by atoms with van der Waals surface area (Å²) in [5.74, 6) is -8.28. The molecule has 22 heteroatoms. The van der Waals surface area contributed by atoms with Crippen molar-refractivity contribution in [2.75, 3.05) is 52.8 Å². The Kier molecular flexibility index (Phi) is 19.6. The fourth-order valence-corrected chi connectivity index (χ4v) is 5.75. The topological polar surface area (TPSA) is 239 Å². The van der Waals surface area contributed by atoms with Gasteiger partial charge in [-0.05, 0) is 76.2 Å². The molecule has 2 heterocycles. The number of rotatable bonds is 24. The molecular formula is C41H57Br4NO17. The van der Waals surface area contributed by atoms with E-state index in [-0.39, 0.29) is 6.54 Å². The molecule has 63 heavy (non-hydrogen) atoms. The van der Waals surface area contributed by atoms with Gasteiger partial charge in [-0.3, -0.25) is 38.4 Å². The van der Waals surface area contributed by atoms with Gasteiger partial charge in [0.1, 0.15) is 86.1 Å². The van der Waals surface area contributed by atoms with Crippen LogP contribution >= 0.6 is 63.7 Å². The summed E-state index contributed by atoms with van der Waals surface area (Å²) in [5.41, 5.74) is -5.69. The summed E-state index contributed by atoms with van der Waals surface area (Å²) in [4.78, 5) is 117. The van der Waals surface area contributed by atoms with E-state index in [4.69, 9.17) is 37.9 Å². The maximum Gasteiger partial charge on any atom is 0.322 e. The van der Waals surface area contributed by atoms with E-state index in [0.29, 0.717) is 6.29 Å². The monoisotopic (exact) mass is 1150 g/mol. The second-order valence-electron chi connectivity index (χ2n) is 18.1. The summed E-state index contributed by atoms with van der Waals surface area (Å²) in [7, 11) is 0. The molecule has 1 saturated heterocycles. The van der Waals surface area contributed by atoms with Crippen LogP contribution in [0.15, 0.2) is 12.2 Å². The van der Waals surface area contributed by atoms with Gasteiger partial charge in [-0.15, -0.1) is 0 Å². The fourth-order valence-electron chi connectivity index (χ4n) is 5.30. The van der Waals surface area contributed by atoms with Gasteiger partial charge in [-0.25, -0.2) is 0 Å². The lowest BCUT2D eigenvalue weighted by Gasteiger charge is -2.33. The third-order valence-electron chi connectivity index (χ3n) is 9.60. The molecule has 2 rings (SSSR count). The molecule has 1 N–H and O–H groups in total. The standard InChI is InChI=1S/C41H57Br4NO17/c1-35(2,42)28(49)57-17-40(10,18-58-29(50)36(3,4)43)33(54)61-21-39(9,32(53)56-15-14-46-27(48)26-23(16-47)24-12-13-25(26)63-24)22-62-34(55)41(11,19-59-30(51)37(5,6)44)20-60-31(52)38(7,8)45/h12-13,16,23-26H,14-15,17-22H2,1-11H3,(H,46,48). The minimum atomic E-state index is -2.00.